The Balaban J connectivity index is 0. The Labute approximate surface area is 306 Å². The molecule has 0 aliphatic carbocycles. The Kier molecular flexibility index (Phi) is 23.4. The summed E-state index contributed by atoms with van der Waals surface area (Å²) >= 11 is 0. The van der Waals surface area contributed by atoms with Crippen molar-refractivity contribution in [3.8, 4) is 11.8 Å². The van der Waals surface area contributed by atoms with Gasteiger partial charge in [-0.15, -0.1) is 11.8 Å². The van der Waals surface area contributed by atoms with Crippen LogP contribution in [0.15, 0.2) is 4.99 Å². The van der Waals surface area contributed by atoms with Crippen molar-refractivity contribution < 1.29 is 44.2 Å². The van der Waals surface area contributed by atoms with E-state index in [9.17, 15) is 25.2 Å². The van der Waals surface area contributed by atoms with Crippen molar-refractivity contribution in [3.63, 3.8) is 0 Å². The summed E-state index contributed by atoms with van der Waals surface area (Å²) in [5.74, 6) is 4.01. The maximum atomic E-state index is 12.9. The molecule has 13 atom stereocenters. The summed E-state index contributed by atoms with van der Waals surface area (Å²) < 4.78 is 22.1. The lowest BCUT2D eigenvalue weighted by atomic mass is 9.70. The first-order chi connectivity index (χ1) is 22.9. The number of methoxy groups -OCH3 is 2. The molecule has 10 heteroatoms. The molecule has 0 aromatic rings. The number of rotatable bonds is 3. The summed E-state index contributed by atoms with van der Waals surface area (Å²) in [6.45, 7) is 29.3. The number of hydrogen-bond donors (Lipinski definition) is 4. The Morgan fingerprint density at radius 3 is 1.76 bits per heavy atom. The lowest BCUT2D eigenvalue weighted by Crippen LogP contribution is -2.56. The molecule has 2 heterocycles. The van der Waals surface area contributed by atoms with Gasteiger partial charge in [0.1, 0.15) is 17.8 Å². The lowest BCUT2D eigenvalue weighted by Gasteiger charge is -2.44. The van der Waals surface area contributed by atoms with Crippen LogP contribution >= 0.6 is 0 Å². The zero-order valence-electron chi connectivity index (χ0n) is 35.0. The molecule has 50 heavy (non-hydrogen) atoms. The van der Waals surface area contributed by atoms with Crippen molar-refractivity contribution >= 4 is 11.7 Å². The van der Waals surface area contributed by atoms with E-state index in [-0.39, 0.29) is 23.9 Å². The minimum Gasteiger partial charge on any atom is -0.459 e. The van der Waals surface area contributed by atoms with Gasteiger partial charge < -0.3 is 39.4 Å². The second-order valence-corrected chi connectivity index (χ2v) is 15.5. The molecule has 0 aromatic heterocycles. The van der Waals surface area contributed by atoms with Crippen molar-refractivity contribution in [3.05, 3.63) is 0 Å². The molecule has 0 amide bonds. The molecular formula is C40H77NO9. The molecule has 0 bridgehead atoms. The van der Waals surface area contributed by atoms with Gasteiger partial charge in [0.2, 0.25) is 0 Å². The normalized spacial score (nSPS) is 40.6. The number of cyclic esters (lactones) is 1. The largest absolute Gasteiger partial charge is 0.459 e. The second-order valence-electron chi connectivity index (χ2n) is 15.5. The van der Waals surface area contributed by atoms with Crippen molar-refractivity contribution in [2.75, 3.05) is 27.9 Å². The first kappa shape index (κ1) is 50.5. The van der Waals surface area contributed by atoms with Gasteiger partial charge in [0.05, 0.1) is 35.4 Å². The lowest BCUT2D eigenvalue weighted by molar-refractivity contribution is -0.190. The molecule has 296 valence electrons. The van der Waals surface area contributed by atoms with Crippen LogP contribution in [0.1, 0.15) is 123 Å². The number of nitrogens with zero attached hydrogens (tertiary/aromatic N) is 1. The molecule has 10 nitrogen and oxygen atoms in total. The monoisotopic (exact) mass is 716 g/mol. The Hall–Kier alpha value is -1.58. The first-order valence-electron chi connectivity index (χ1n) is 18.4. The quantitative estimate of drug-likeness (QED) is 0.201. The van der Waals surface area contributed by atoms with E-state index in [1.54, 1.807) is 35.1 Å². The number of aliphatic imine (C=N–C) groups is 1. The highest BCUT2D eigenvalue weighted by Gasteiger charge is 2.48. The van der Waals surface area contributed by atoms with E-state index in [1.165, 1.54) is 6.92 Å². The Bertz CT molecular complexity index is 1040. The fourth-order valence-electron chi connectivity index (χ4n) is 6.61. The number of carbonyl (C=O) groups is 1. The number of aliphatic hydroxyl groups is 4. The topological polar surface area (TPSA) is 147 Å². The van der Waals surface area contributed by atoms with Crippen LogP contribution in [0, 0.1) is 47.3 Å². The van der Waals surface area contributed by atoms with Crippen molar-refractivity contribution in [2.45, 2.75) is 170 Å². The van der Waals surface area contributed by atoms with Gasteiger partial charge in [0, 0.05) is 45.9 Å². The summed E-state index contributed by atoms with van der Waals surface area (Å²) in [6, 6.07) is 0. The van der Waals surface area contributed by atoms with Crippen LogP contribution in [0.2, 0.25) is 0 Å². The van der Waals surface area contributed by atoms with Crippen LogP contribution in [0.25, 0.3) is 0 Å². The number of esters is 1. The first-order valence-corrected chi connectivity index (χ1v) is 18.4. The molecule has 0 spiro atoms. The molecule has 0 saturated carbocycles. The van der Waals surface area contributed by atoms with Gasteiger partial charge in [-0.3, -0.25) is 9.79 Å². The summed E-state index contributed by atoms with van der Waals surface area (Å²) in [6.07, 6.45) is -1.98. The predicted octanol–water partition coefficient (Wildman–Crippen LogP) is 6.09. The van der Waals surface area contributed by atoms with Crippen LogP contribution in [-0.4, -0.2) is 107 Å². The van der Waals surface area contributed by atoms with Crippen molar-refractivity contribution in [2.24, 2.45) is 40.5 Å². The summed E-state index contributed by atoms with van der Waals surface area (Å²) in [4.78, 5) is 17.3. The molecular weight excluding hydrogens is 638 g/mol. The van der Waals surface area contributed by atoms with Crippen LogP contribution in [0.5, 0.6) is 0 Å². The minimum atomic E-state index is -1.68. The fraction of sp³-hybridized carbons (Fsp3) is 0.900. The number of aliphatic hydroxyl groups excluding tert-OH is 3. The van der Waals surface area contributed by atoms with E-state index in [1.807, 2.05) is 62.3 Å². The standard InChI is InChI=1S/C24H45NO6.C8H16O3.C4H10.C4H6/c1-11-18-24(8,29)21(27)15(4)19(25-9)13(2)12-23(7,30-10)17(6)14(3)20(26)16(5)22(28)31-18;1-6-7(9)8(2,10-3)4-5-11-6;1-4(2)3;1-3-4-2/h13-18,20-21,26-27,29H,11-12H2,1-10H3;6-7,9H,4-5H2,1-3H3;4H,1-3H3;1-2H3/t13-,14-,15+,16-,17-,18-,20+,21?,23-,24-;6?,7-,8+;;/m10../s1. The van der Waals surface area contributed by atoms with Gasteiger partial charge in [-0.25, -0.2) is 0 Å². The van der Waals surface area contributed by atoms with Crippen molar-refractivity contribution in [1.82, 2.24) is 0 Å². The molecule has 2 rings (SSSR count). The van der Waals surface area contributed by atoms with E-state index in [0.717, 1.165) is 18.1 Å². The molecule has 4 N–H and O–H groups in total. The third-order valence-electron chi connectivity index (χ3n) is 10.7. The van der Waals surface area contributed by atoms with Crippen LogP contribution in [0.3, 0.4) is 0 Å². The predicted molar refractivity (Wildman–Crippen MR) is 203 cm³/mol. The molecule has 0 radical (unpaired) electrons. The smallest absolute Gasteiger partial charge is 0.311 e. The van der Waals surface area contributed by atoms with Gasteiger partial charge >= 0.3 is 5.97 Å². The number of hydrogen-bond acceptors (Lipinski definition) is 10. The maximum absolute atomic E-state index is 12.9. The zero-order chi connectivity index (χ0) is 39.8. The molecule has 2 unspecified atom stereocenters. The molecule has 2 saturated heterocycles. The minimum absolute atomic E-state index is 0.0369. The van der Waals surface area contributed by atoms with Gasteiger partial charge in [-0.05, 0) is 85.0 Å². The average Bonchev–Trinajstić information content (AvgIpc) is 3.07. The van der Waals surface area contributed by atoms with E-state index in [4.69, 9.17) is 18.9 Å². The zero-order valence-corrected chi connectivity index (χ0v) is 35.0. The third-order valence-corrected chi connectivity index (χ3v) is 10.7. The van der Waals surface area contributed by atoms with Crippen molar-refractivity contribution in [1.29, 1.82) is 0 Å². The Morgan fingerprint density at radius 2 is 1.38 bits per heavy atom. The van der Waals surface area contributed by atoms with Gasteiger partial charge in [-0.2, -0.15) is 0 Å². The summed E-state index contributed by atoms with van der Waals surface area (Å²) in [5.41, 5.74) is -1.93. The molecule has 2 aliphatic heterocycles. The number of carbonyl (C=O) groups excluding carboxylic acids is 1. The van der Waals surface area contributed by atoms with Crippen LogP contribution < -0.4 is 0 Å². The highest BCUT2D eigenvalue weighted by molar-refractivity contribution is 5.89. The average molecular weight is 716 g/mol. The second kappa shape index (κ2) is 23.2. The van der Waals surface area contributed by atoms with E-state index >= 15 is 0 Å². The SMILES string of the molecule is CC#CC.CC(C)C.CC[C@H]1OC(=O)[C@H](C)[C@@H](O)[C@H](C)[C@@H](C)[C@](C)(OC)C[C@@H](C)C(=NC)[C@H](C)C(O)[C@]1(C)O.CO[C@]1(C)CCOC(C)[C@@H]1O. The van der Waals surface area contributed by atoms with Gasteiger partial charge in [-0.1, -0.05) is 55.4 Å². The summed E-state index contributed by atoms with van der Waals surface area (Å²) in [5, 5.41) is 43.0. The van der Waals surface area contributed by atoms with Crippen LogP contribution in [-0.2, 0) is 23.7 Å². The third kappa shape index (κ3) is 14.4. The summed E-state index contributed by atoms with van der Waals surface area (Å²) in [7, 11) is 4.97. The van der Waals surface area contributed by atoms with E-state index in [0.29, 0.717) is 19.4 Å². The maximum Gasteiger partial charge on any atom is 0.311 e. The molecule has 2 aliphatic rings. The van der Waals surface area contributed by atoms with Gasteiger partial charge in [0.25, 0.3) is 0 Å². The van der Waals surface area contributed by atoms with Gasteiger partial charge in [0.15, 0.2) is 0 Å². The number of ether oxygens (including phenoxy) is 4. The Morgan fingerprint density at radius 1 is 0.900 bits per heavy atom. The fourth-order valence-corrected chi connectivity index (χ4v) is 6.61. The van der Waals surface area contributed by atoms with Crippen LogP contribution in [0.4, 0.5) is 0 Å². The molecule has 2 fully saturated rings. The highest BCUT2D eigenvalue weighted by atomic mass is 16.6. The highest BCUT2D eigenvalue weighted by Crippen LogP contribution is 2.39. The van der Waals surface area contributed by atoms with E-state index in [2.05, 4.69) is 37.6 Å². The molecule has 0 aromatic carbocycles. The van der Waals surface area contributed by atoms with E-state index < -0.39 is 59.0 Å².